The third-order valence-electron chi connectivity index (χ3n) is 11.6. The van der Waals surface area contributed by atoms with E-state index in [0.29, 0.717) is 39.1 Å². The predicted molar refractivity (Wildman–Crippen MR) is 225 cm³/mol. The number of nitrogens with one attached hydrogen (secondary N) is 2. The number of H-pyrrole nitrogens is 1. The van der Waals surface area contributed by atoms with Crippen LogP contribution in [0.5, 0.6) is 0 Å². The van der Waals surface area contributed by atoms with Gasteiger partial charge in [0.05, 0.1) is 0 Å². The number of amides is 6. The van der Waals surface area contributed by atoms with Crippen LogP contribution < -0.4 is 5.32 Å². The third kappa shape index (κ3) is 10.8. The molecule has 1 aromatic heterocycles. The number of rotatable bonds is 17. The zero-order valence-corrected chi connectivity index (χ0v) is 36.0. The molecule has 3 aromatic rings. The summed E-state index contributed by atoms with van der Waals surface area (Å²) in [4.78, 5) is 96.0. The number of nitrogens with zero attached hydrogens (tertiary/aromatic N) is 6. The molecule has 0 aliphatic carbocycles. The van der Waals surface area contributed by atoms with E-state index in [9.17, 15) is 28.8 Å². The summed E-state index contributed by atoms with van der Waals surface area (Å²) >= 11 is 0. The van der Waals surface area contributed by atoms with Crippen LogP contribution >= 0.6 is 0 Å². The number of carbonyl (C=O) groups excluding carboxylic acids is 6. The molecule has 1 aliphatic heterocycles. The van der Waals surface area contributed by atoms with Gasteiger partial charge in [-0.2, -0.15) is 0 Å². The molecule has 2 aromatic carbocycles. The Hall–Kier alpha value is -5.24. The second-order valence-electron chi connectivity index (χ2n) is 16.0. The number of fused-ring (bicyclic) bond motifs is 1. The lowest BCUT2D eigenvalue weighted by atomic mass is 10.1. The average molecular weight is 801 g/mol. The maximum absolute atomic E-state index is 14.7. The van der Waals surface area contributed by atoms with Crippen LogP contribution in [0.3, 0.4) is 0 Å². The molecule has 0 bridgehead atoms. The van der Waals surface area contributed by atoms with Crippen LogP contribution in [0.1, 0.15) is 72.9 Å². The summed E-state index contributed by atoms with van der Waals surface area (Å²) in [6, 6.07) is 12.4. The Balaban J connectivity index is 1.60. The molecule has 0 spiro atoms. The van der Waals surface area contributed by atoms with Crippen molar-refractivity contribution in [1.82, 2.24) is 39.7 Å². The Morgan fingerprint density at radius 3 is 1.74 bits per heavy atom. The summed E-state index contributed by atoms with van der Waals surface area (Å²) in [5.74, 6) is -1.87. The van der Waals surface area contributed by atoms with Crippen molar-refractivity contribution in [3.8, 4) is 0 Å². The second kappa shape index (κ2) is 20.4. The van der Waals surface area contributed by atoms with Crippen molar-refractivity contribution in [2.75, 3.05) is 46.8 Å². The molecular weight excluding hydrogens is 737 g/mol. The van der Waals surface area contributed by atoms with Gasteiger partial charge in [0.2, 0.25) is 35.4 Å². The van der Waals surface area contributed by atoms with Crippen molar-refractivity contribution in [3.63, 3.8) is 0 Å². The van der Waals surface area contributed by atoms with Gasteiger partial charge in [-0.25, -0.2) is 0 Å². The third-order valence-corrected chi connectivity index (χ3v) is 11.6. The first-order valence-electron chi connectivity index (χ1n) is 20.5. The molecule has 2 heterocycles. The highest BCUT2D eigenvalue weighted by molar-refractivity contribution is 5.96. The Labute approximate surface area is 343 Å². The maximum Gasteiger partial charge on any atom is 0.246 e. The van der Waals surface area contributed by atoms with Gasteiger partial charge in [0.25, 0.3) is 0 Å². The smallest absolute Gasteiger partial charge is 0.246 e. The highest BCUT2D eigenvalue weighted by Crippen LogP contribution is 2.23. The summed E-state index contributed by atoms with van der Waals surface area (Å²) in [7, 11) is 3.07. The lowest BCUT2D eigenvalue weighted by Crippen LogP contribution is -2.60. The summed E-state index contributed by atoms with van der Waals surface area (Å²) < 4.78 is 0. The topological polar surface area (TPSA) is 150 Å². The fraction of sp³-hybridized carbons (Fsp3) is 0.545. The molecule has 0 saturated carbocycles. The van der Waals surface area contributed by atoms with Gasteiger partial charge in [0.1, 0.15) is 30.2 Å². The number of para-hydroxylation sites is 1. The fourth-order valence-electron chi connectivity index (χ4n) is 7.38. The van der Waals surface area contributed by atoms with Gasteiger partial charge in [-0.1, -0.05) is 62.4 Å². The van der Waals surface area contributed by atoms with E-state index in [-0.39, 0.29) is 36.7 Å². The van der Waals surface area contributed by atoms with Crippen LogP contribution in [0.2, 0.25) is 0 Å². The van der Waals surface area contributed by atoms with Crippen LogP contribution in [-0.4, -0.2) is 147 Å². The van der Waals surface area contributed by atoms with Gasteiger partial charge in [-0.3, -0.25) is 28.8 Å². The summed E-state index contributed by atoms with van der Waals surface area (Å²) in [6.45, 7) is 16.9. The lowest BCUT2D eigenvalue weighted by molar-refractivity contribution is -0.156. The normalized spacial score (nSPS) is 15.5. The highest BCUT2D eigenvalue weighted by atomic mass is 16.2. The average Bonchev–Trinajstić information content (AvgIpc) is 3.64. The minimum absolute atomic E-state index is 0.0398. The van der Waals surface area contributed by atoms with E-state index in [1.54, 1.807) is 57.7 Å². The van der Waals surface area contributed by atoms with E-state index >= 15 is 0 Å². The van der Waals surface area contributed by atoms with Crippen molar-refractivity contribution in [2.45, 2.75) is 105 Å². The van der Waals surface area contributed by atoms with Crippen molar-refractivity contribution in [3.05, 3.63) is 71.9 Å². The molecule has 316 valence electrons. The van der Waals surface area contributed by atoms with Crippen molar-refractivity contribution < 1.29 is 28.8 Å². The number of aromatic amines is 1. The Morgan fingerprint density at radius 2 is 1.17 bits per heavy atom. The van der Waals surface area contributed by atoms with Gasteiger partial charge in [0.15, 0.2) is 0 Å². The molecule has 0 radical (unpaired) electrons. The van der Waals surface area contributed by atoms with E-state index < -0.39 is 47.9 Å². The minimum atomic E-state index is -1.05. The van der Waals surface area contributed by atoms with E-state index in [1.165, 1.54) is 33.6 Å². The molecule has 58 heavy (non-hydrogen) atoms. The number of hydrogen-bond donors (Lipinski definition) is 2. The Kier molecular flexibility index (Phi) is 16.0. The number of benzene rings is 2. The standard InChI is InChI=1S/C44H64N8O6/c1-29(2)20-23-50(34(7)42(56)49-24-21-45-22-25-49)43(57)30(3)47(9)41(55)33(6)52(28-37-26-46-39-19-15-14-18-38(37)39)44(58)31(4)48(10)40(54)32(5)51(35(8)53)27-36-16-12-11-13-17-36/h11-19,26,29-34,45-46H,20-25,27-28H2,1-10H3/t30-,31-,32-,33-,34-/m0/s1. The SMILES string of the molecule is CC(=O)N(Cc1ccccc1)[C@@H](C)C(=O)N(C)[C@@H](C)C(=O)N(Cc1c[nH]c2ccccc12)[C@@H](C)C(=O)N(C)[C@@H](C)C(=O)N(CCC(C)C)[C@@H](C)C(=O)N1CCNCC1. The summed E-state index contributed by atoms with van der Waals surface area (Å²) in [5.41, 5.74) is 2.50. The van der Waals surface area contributed by atoms with Crippen molar-refractivity contribution in [1.29, 1.82) is 0 Å². The number of carbonyl (C=O) groups is 6. The van der Waals surface area contributed by atoms with Crippen LogP contribution in [0.4, 0.5) is 0 Å². The van der Waals surface area contributed by atoms with Gasteiger partial charge in [0, 0.05) is 83.9 Å². The molecule has 1 fully saturated rings. The van der Waals surface area contributed by atoms with E-state index in [2.05, 4.69) is 24.1 Å². The summed E-state index contributed by atoms with van der Waals surface area (Å²) in [5, 5.41) is 4.13. The molecule has 1 saturated heterocycles. The fourth-order valence-corrected chi connectivity index (χ4v) is 7.38. The van der Waals surface area contributed by atoms with Crippen LogP contribution in [0, 0.1) is 5.92 Å². The predicted octanol–water partition coefficient (Wildman–Crippen LogP) is 3.71. The first kappa shape index (κ1) is 45.5. The van der Waals surface area contributed by atoms with Crippen LogP contribution in [-0.2, 0) is 41.9 Å². The number of piperazine rings is 1. The van der Waals surface area contributed by atoms with E-state index in [1.807, 2.05) is 54.6 Å². The largest absolute Gasteiger partial charge is 0.361 e. The van der Waals surface area contributed by atoms with E-state index in [4.69, 9.17) is 0 Å². The first-order valence-corrected chi connectivity index (χ1v) is 20.5. The van der Waals surface area contributed by atoms with Crippen molar-refractivity contribution >= 4 is 46.3 Å². The molecule has 4 rings (SSSR count). The van der Waals surface area contributed by atoms with Gasteiger partial charge in [-0.05, 0) is 64.2 Å². The first-order chi connectivity index (χ1) is 27.5. The van der Waals surface area contributed by atoms with Gasteiger partial charge in [-0.15, -0.1) is 0 Å². The summed E-state index contributed by atoms with van der Waals surface area (Å²) in [6.07, 6.45) is 2.48. The molecular formula is C44H64N8O6. The monoisotopic (exact) mass is 800 g/mol. The van der Waals surface area contributed by atoms with E-state index in [0.717, 1.165) is 22.0 Å². The zero-order chi connectivity index (χ0) is 42.8. The minimum Gasteiger partial charge on any atom is -0.361 e. The molecule has 14 heteroatoms. The molecule has 2 N–H and O–H groups in total. The maximum atomic E-state index is 14.7. The van der Waals surface area contributed by atoms with Crippen LogP contribution in [0.25, 0.3) is 10.9 Å². The number of aromatic nitrogens is 1. The Morgan fingerprint density at radius 1 is 0.638 bits per heavy atom. The zero-order valence-electron chi connectivity index (χ0n) is 36.0. The van der Waals surface area contributed by atoms with Gasteiger partial charge >= 0.3 is 0 Å². The molecule has 6 amide bonds. The van der Waals surface area contributed by atoms with Gasteiger partial charge < -0.3 is 39.7 Å². The lowest BCUT2D eigenvalue weighted by Gasteiger charge is -2.39. The van der Waals surface area contributed by atoms with Crippen LogP contribution in [0.15, 0.2) is 60.8 Å². The molecule has 14 nitrogen and oxygen atoms in total. The second-order valence-corrected chi connectivity index (χ2v) is 16.0. The highest BCUT2D eigenvalue weighted by Gasteiger charge is 2.39. The molecule has 5 atom stereocenters. The van der Waals surface area contributed by atoms with Crippen molar-refractivity contribution in [2.24, 2.45) is 5.92 Å². The number of likely N-dealkylation sites (N-methyl/N-ethyl adjacent to an activating group) is 2. The Bertz CT molecular complexity index is 1890. The quantitative estimate of drug-likeness (QED) is 0.212. The molecule has 0 unspecified atom stereocenters. The number of hydrogen-bond acceptors (Lipinski definition) is 7. The molecule has 1 aliphatic rings.